The van der Waals surface area contributed by atoms with Gasteiger partial charge in [-0.1, -0.05) is 12.8 Å². The summed E-state index contributed by atoms with van der Waals surface area (Å²) >= 11 is 0. The lowest BCUT2D eigenvalue weighted by molar-refractivity contribution is 0.200. The van der Waals surface area contributed by atoms with E-state index in [9.17, 15) is 4.79 Å². The number of aryl methyl sites for hydroxylation is 1. The first kappa shape index (κ1) is 12.9. The fourth-order valence-corrected chi connectivity index (χ4v) is 2.30. The average Bonchev–Trinajstić information content (AvgIpc) is 2.63. The number of carbonyl (C=O) groups is 1. The van der Waals surface area contributed by atoms with Gasteiger partial charge in [-0.15, -0.1) is 0 Å². The summed E-state index contributed by atoms with van der Waals surface area (Å²) in [6, 6.07) is 0.0841. The van der Waals surface area contributed by atoms with Gasteiger partial charge in [-0.25, -0.2) is 4.79 Å². The number of aromatic nitrogens is 2. The molecular formula is C13H22N4O. The van der Waals surface area contributed by atoms with Gasteiger partial charge in [0.25, 0.3) is 0 Å². The van der Waals surface area contributed by atoms with Crippen molar-refractivity contribution in [1.82, 2.24) is 20.0 Å². The van der Waals surface area contributed by atoms with Crippen LogP contribution in [0.5, 0.6) is 0 Å². The van der Waals surface area contributed by atoms with E-state index in [4.69, 9.17) is 0 Å². The van der Waals surface area contributed by atoms with Gasteiger partial charge in [0.1, 0.15) is 0 Å². The molecule has 1 aliphatic heterocycles. The lowest BCUT2D eigenvalue weighted by atomic mass is 10.2. The van der Waals surface area contributed by atoms with Crippen molar-refractivity contribution in [3.05, 3.63) is 18.0 Å². The molecule has 0 spiro atoms. The predicted molar refractivity (Wildman–Crippen MR) is 70.4 cm³/mol. The van der Waals surface area contributed by atoms with E-state index in [1.165, 1.54) is 12.8 Å². The minimum Gasteiger partial charge on any atom is -0.338 e. The predicted octanol–water partition coefficient (Wildman–Crippen LogP) is 1.55. The Morgan fingerprint density at radius 1 is 1.33 bits per heavy atom. The molecule has 0 aliphatic carbocycles. The Bertz CT molecular complexity index is 380. The van der Waals surface area contributed by atoms with E-state index >= 15 is 0 Å². The number of likely N-dealkylation sites (tertiary alicyclic amines) is 1. The second-order valence-electron chi connectivity index (χ2n) is 4.91. The van der Waals surface area contributed by atoms with Gasteiger partial charge in [-0.2, -0.15) is 5.10 Å². The third kappa shape index (κ3) is 3.75. The third-order valence-electron chi connectivity index (χ3n) is 3.34. The maximum absolute atomic E-state index is 11.9. The van der Waals surface area contributed by atoms with Crippen LogP contribution in [0.3, 0.4) is 0 Å². The summed E-state index contributed by atoms with van der Waals surface area (Å²) in [4.78, 5) is 13.9. The van der Waals surface area contributed by atoms with Crippen molar-refractivity contribution in [2.24, 2.45) is 7.05 Å². The minimum absolute atomic E-state index is 0.0841. The summed E-state index contributed by atoms with van der Waals surface area (Å²) in [5.41, 5.74) is 1.16. The second kappa shape index (κ2) is 6.42. The first-order valence-electron chi connectivity index (χ1n) is 6.76. The highest BCUT2D eigenvalue weighted by Gasteiger charge is 2.14. The number of nitrogens with zero attached hydrogens (tertiary/aromatic N) is 3. The number of nitrogens with one attached hydrogen (secondary N) is 1. The standard InChI is InChI=1S/C13H22N4O/c1-16-11-12(10-15-16)6-7-14-13(18)17-8-4-2-3-5-9-17/h10-11H,2-9H2,1H3,(H,14,18). The number of amides is 2. The molecule has 0 aromatic carbocycles. The van der Waals surface area contributed by atoms with Gasteiger partial charge in [-0.05, 0) is 24.8 Å². The first-order valence-corrected chi connectivity index (χ1v) is 6.76. The SMILES string of the molecule is Cn1cc(CCNC(=O)N2CCCCCC2)cn1. The van der Waals surface area contributed by atoms with Crippen LogP contribution in [-0.4, -0.2) is 40.3 Å². The van der Waals surface area contributed by atoms with E-state index in [0.29, 0.717) is 6.54 Å². The van der Waals surface area contributed by atoms with Crippen molar-refractivity contribution >= 4 is 6.03 Å². The molecule has 18 heavy (non-hydrogen) atoms. The van der Waals surface area contributed by atoms with Gasteiger partial charge in [0, 0.05) is 32.9 Å². The van der Waals surface area contributed by atoms with Crippen LogP contribution in [0.2, 0.25) is 0 Å². The number of urea groups is 1. The number of hydrogen-bond acceptors (Lipinski definition) is 2. The molecule has 5 heteroatoms. The molecule has 100 valence electrons. The Hall–Kier alpha value is -1.52. The molecule has 1 aliphatic rings. The molecule has 0 unspecified atom stereocenters. The zero-order valence-electron chi connectivity index (χ0n) is 11.1. The molecule has 1 saturated heterocycles. The van der Waals surface area contributed by atoms with Crippen molar-refractivity contribution in [1.29, 1.82) is 0 Å². The van der Waals surface area contributed by atoms with Crippen molar-refractivity contribution < 1.29 is 4.79 Å². The molecule has 2 heterocycles. The molecule has 0 bridgehead atoms. The van der Waals surface area contributed by atoms with Crippen molar-refractivity contribution in [3.63, 3.8) is 0 Å². The summed E-state index contributed by atoms with van der Waals surface area (Å²) in [6.45, 7) is 2.48. The smallest absolute Gasteiger partial charge is 0.317 e. The van der Waals surface area contributed by atoms with Gasteiger partial charge in [0.15, 0.2) is 0 Å². The van der Waals surface area contributed by atoms with Gasteiger partial charge in [0.05, 0.1) is 6.20 Å². The van der Waals surface area contributed by atoms with Crippen LogP contribution in [0.15, 0.2) is 12.4 Å². The van der Waals surface area contributed by atoms with E-state index in [0.717, 1.165) is 37.9 Å². The molecule has 1 N–H and O–H groups in total. The molecule has 1 aromatic rings. The highest BCUT2D eigenvalue weighted by atomic mass is 16.2. The number of hydrogen-bond donors (Lipinski definition) is 1. The maximum Gasteiger partial charge on any atom is 0.317 e. The van der Waals surface area contributed by atoms with E-state index in [1.807, 2.05) is 24.3 Å². The summed E-state index contributed by atoms with van der Waals surface area (Å²) < 4.78 is 1.78. The fourth-order valence-electron chi connectivity index (χ4n) is 2.30. The maximum atomic E-state index is 11.9. The Balaban J connectivity index is 1.70. The topological polar surface area (TPSA) is 50.2 Å². The van der Waals surface area contributed by atoms with Gasteiger partial charge >= 0.3 is 6.03 Å². The number of rotatable bonds is 3. The zero-order chi connectivity index (χ0) is 12.8. The first-order chi connectivity index (χ1) is 8.75. The van der Waals surface area contributed by atoms with Crippen molar-refractivity contribution in [2.75, 3.05) is 19.6 Å². The fraction of sp³-hybridized carbons (Fsp3) is 0.692. The molecular weight excluding hydrogens is 228 g/mol. The Morgan fingerprint density at radius 2 is 2.06 bits per heavy atom. The molecule has 1 fully saturated rings. The molecule has 0 atom stereocenters. The lowest BCUT2D eigenvalue weighted by Gasteiger charge is -2.20. The van der Waals surface area contributed by atoms with Crippen LogP contribution in [0.1, 0.15) is 31.2 Å². The summed E-state index contributed by atoms with van der Waals surface area (Å²) in [5.74, 6) is 0. The van der Waals surface area contributed by atoms with Crippen LogP contribution < -0.4 is 5.32 Å². The van der Waals surface area contributed by atoms with Crippen LogP contribution >= 0.6 is 0 Å². The van der Waals surface area contributed by atoms with E-state index in [2.05, 4.69) is 10.4 Å². The zero-order valence-corrected chi connectivity index (χ0v) is 11.1. The summed E-state index contributed by atoms with van der Waals surface area (Å²) in [5, 5.41) is 7.10. The van der Waals surface area contributed by atoms with Crippen LogP contribution in [0, 0.1) is 0 Å². The molecule has 0 saturated carbocycles. The van der Waals surface area contributed by atoms with Gasteiger partial charge < -0.3 is 10.2 Å². The normalized spacial score (nSPS) is 16.4. The number of carbonyl (C=O) groups excluding carboxylic acids is 1. The molecule has 5 nitrogen and oxygen atoms in total. The van der Waals surface area contributed by atoms with Crippen molar-refractivity contribution in [3.8, 4) is 0 Å². The molecule has 0 radical (unpaired) electrons. The van der Waals surface area contributed by atoms with Crippen LogP contribution in [0.4, 0.5) is 4.79 Å². The highest BCUT2D eigenvalue weighted by molar-refractivity contribution is 5.74. The molecule has 2 amide bonds. The minimum atomic E-state index is 0.0841. The van der Waals surface area contributed by atoms with Crippen molar-refractivity contribution in [2.45, 2.75) is 32.1 Å². The molecule has 1 aromatic heterocycles. The van der Waals surface area contributed by atoms with E-state index in [-0.39, 0.29) is 6.03 Å². The van der Waals surface area contributed by atoms with Crippen LogP contribution in [0.25, 0.3) is 0 Å². The lowest BCUT2D eigenvalue weighted by Crippen LogP contribution is -2.41. The average molecular weight is 250 g/mol. The molecule has 2 rings (SSSR count). The Kier molecular flexibility index (Phi) is 4.61. The van der Waals surface area contributed by atoms with Crippen LogP contribution in [-0.2, 0) is 13.5 Å². The monoisotopic (exact) mass is 250 g/mol. The van der Waals surface area contributed by atoms with Gasteiger partial charge in [-0.3, -0.25) is 4.68 Å². The highest BCUT2D eigenvalue weighted by Crippen LogP contribution is 2.09. The summed E-state index contributed by atoms with van der Waals surface area (Å²) in [6.07, 6.45) is 9.44. The Labute approximate surface area is 108 Å². The quantitative estimate of drug-likeness (QED) is 0.885. The van der Waals surface area contributed by atoms with E-state index < -0.39 is 0 Å². The third-order valence-corrected chi connectivity index (χ3v) is 3.34. The largest absolute Gasteiger partial charge is 0.338 e. The van der Waals surface area contributed by atoms with Gasteiger partial charge in [0.2, 0.25) is 0 Å². The van der Waals surface area contributed by atoms with E-state index in [1.54, 1.807) is 4.68 Å². The summed E-state index contributed by atoms with van der Waals surface area (Å²) in [7, 11) is 1.90. The second-order valence-corrected chi connectivity index (χ2v) is 4.91. The Morgan fingerprint density at radius 3 is 2.67 bits per heavy atom.